The SMILES string of the molecule is O=C1COCC(c2cccc(C(F)(F)F)c2)N1. The van der Waals surface area contributed by atoms with Crippen molar-refractivity contribution >= 4 is 5.91 Å². The van der Waals surface area contributed by atoms with Crippen LogP contribution in [0.5, 0.6) is 0 Å². The molecule has 0 saturated carbocycles. The predicted molar refractivity (Wildman–Crippen MR) is 53.1 cm³/mol. The van der Waals surface area contributed by atoms with E-state index in [1.54, 1.807) is 0 Å². The van der Waals surface area contributed by atoms with Crippen molar-refractivity contribution in [2.75, 3.05) is 13.2 Å². The molecular formula is C11H10F3NO2. The zero-order valence-electron chi connectivity index (χ0n) is 8.75. The number of amides is 1. The van der Waals surface area contributed by atoms with Crippen molar-refractivity contribution in [1.29, 1.82) is 0 Å². The van der Waals surface area contributed by atoms with Crippen LogP contribution in [-0.2, 0) is 15.7 Å². The van der Waals surface area contributed by atoms with Crippen molar-refractivity contribution in [2.45, 2.75) is 12.2 Å². The van der Waals surface area contributed by atoms with Gasteiger partial charge in [0, 0.05) is 0 Å². The van der Waals surface area contributed by atoms with Gasteiger partial charge in [0.05, 0.1) is 18.2 Å². The van der Waals surface area contributed by atoms with Gasteiger partial charge in [0.25, 0.3) is 0 Å². The average Bonchev–Trinajstić information content (AvgIpc) is 2.28. The zero-order valence-corrected chi connectivity index (χ0v) is 8.75. The lowest BCUT2D eigenvalue weighted by Gasteiger charge is -2.24. The molecule has 3 nitrogen and oxygen atoms in total. The Bertz CT molecular complexity index is 431. The van der Waals surface area contributed by atoms with Gasteiger partial charge in [0.1, 0.15) is 6.61 Å². The number of hydrogen-bond acceptors (Lipinski definition) is 2. The molecule has 0 spiro atoms. The van der Waals surface area contributed by atoms with Crippen molar-refractivity contribution in [2.24, 2.45) is 0 Å². The lowest BCUT2D eigenvalue weighted by Crippen LogP contribution is -2.39. The van der Waals surface area contributed by atoms with Crippen LogP contribution in [0.1, 0.15) is 17.2 Å². The molecule has 1 heterocycles. The molecule has 1 aliphatic rings. The highest BCUT2D eigenvalue weighted by Crippen LogP contribution is 2.31. The fraction of sp³-hybridized carbons (Fsp3) is 0.364. The van der Waals surface area contributed by atoms with Gasteiger partial charge in [-0.1, -0.05) is 12.1 Å². The molecule has 1 fully saturated rings. The van der Waals surface area contributed by atoms with Gasteiger partial charge in [-0.05, 0) is 17.7 Å². The maximum atomic E-state index is 12.5. The molecule has 0 bridgehead atoms. The number of morpholine rings is 1. The van der Waals surface area contributed by atoms with E-state index in [2.05, 4.69) is 5.32 Å². The Balaban J connectivity index is 2.24. The number of ether oxygens (including phenoxy) is 1. The van der Waals surface area contributed by atoms with Crippen LogP contribution in [0.3, 0.4) is 0 Å². The molecule has 1 unspecified atom stereocenters. The molecular weight excluding hydrogens is 235 g/mol. The highest BCUT2D eigenvalue weighted by Gasteiger charge is 2.31. The maximum Gasteiger partial charge on any atom is 0.416 e. The van der Waals surface area contributed by atoms with Crippen molar-refractivity contribution < 1.29 is 22.7 Å². The molecule has 1 atom stereocenters. The van der Waals surface area contributed by atoms with E-state index in [1.165, 1.54) is 12.1 Å². The first-order valence-corrected chi connectivity index (χ1v) is 5.01. The molecule has 1 aromatic rings. The van der Waals surface area contributed by atoms with E-state index in [-0.39, 0.29) is 19.1 Å². The molecule has 0 aliphatic carbocycles. The minimum Gasteiger partial charge on any atom is -0.369 e. The van der Waals surface area contributed by atoms with Crippen molar-refractivity contribution in [1.82, 2.24) is 5.32 Å². The number of nitrogens with one attached hydrogen (secondary N) is 1. The van der Waals surface area contributed by atoms with Gasteiger partial charge in [-0.2, -0.15) is 13.2 Å². The smallest absolute Gasteiger partial charge is 0.369 e. The maximum absolute atomic E-state index is 12.5. The second-order valence-corrected chi connectivity index (χ2v) is 3.76. The number of hydrogen-bond donors (Lipinski definition) is 1. The molecule has 17 heavy (non-hydrogen) atoms. The van der Waals surface area contributed by atoms with Crippen LogP contribution in [0.2, 0.25) is 0 Å². The average molecular weight is 245 g/mol. The van der Waals surface area contributed by atoms with Gasteiger partial charge < -0.3 is 10.1 Å². The summed E-state index contributed by atoms with van der Waals surface area (Å²) in [6.07, 6.45) is -4.38. The molecule has 1 saturated heterocycles. The largest absolute Gasteiger partial charge is 0.416 e. The summed E-state index contributed by atoms with van der Waals surface area (Å²) in [7, 11) is 0. The van der Waals surface area contributed by atoms with Gasteiger partial charge in [-0.25, -0.2) is 0 Å². The molecule has 92 valence electrons. The van der Waals surface area contributed by atoms with E-state index in [0.29, 0.717) is 5.56 Å². The number of halogens is 3. The standard InChI is InChI=1S/C11H10F3NO2/c12-11(13,14)8-3-1-2-7(4-8)9-5-17-6-10(16)15-9/h1-4,9H,5-6H2,(H,15,16). The first-order chi connectivity index (χ1) is 7.97. The Morgan fingerprint density at radius 1 is 1.35 bits per heavy atom. The number of benzene rings is 1. The summed E-state index contributed by atoms with van der Waals surface area (Å²) in [4.78, 5) is 11.1. The second kappa shape index (κ2) is 4.37. The molecule has 1 aliphatic heterocycles. The summed E-state index contributed by atoms with van der Waals surface area (Å²) in [5, 5.41) is 2.58. The van der Waals surface area contributed by atoms with E-state index < -0.39 is 17.8 Å². The molecule has 0 radical (unpaired) electrons. The van der Waals surface area contributed by atoms with Gasteiger partial charge in [-0.3, -0.25) is 4.79 Å². The van der Waals surface area contributed by atoms with E-state index in [0.717, 1.165) is 12.1 Å². The summed E-state index contributed by atoms with van der Waals surface area (Å²) in [6.45, 7) is 0.141. The van der Waals surface area contributed by atoms with Crippen LogP contribution in [0.25, 0.3) is 0 Å². The Labute approximate surface area is 95.6 Å². The minimum atomic E-state index is -4.38. The summed E-state index contributed by atoms with van der Waals surface area (Å²) in [5.41, 5.74) is -0.331. The van der Waals surface area contributed by atoms with Crippen molar-refractivity contribution in [3.05, 3.63) is 35.4 Å². The summed E-state index contributed by atoms with van der Waals surface area (Å²) >= 11 is 0. The first-order valence-electron chi connectivity index (χ1n) is 5.01. The lowest BCUT2D eigenvalue weighted by molar-refractivity contribution is -0.137. The molecule has 1 aromatic carbocycles. The van der Waals surface area contributed by atoms with E-state index in [4.69, 9.17) is 4.74 Å². The Hall–Kier alpha value is -1.56. The minimum absolute atomic E-state index is 0.0462. The molecule has 0 aromatic heterocycles. The third kappa shape index (κ3) is 2.76. The summed E-state index contributed by atoms with van der Waals surface area (Å²) < 4.78 is 42.5. The highest BCUT2D eigenvalue weighted by molar-refractivity contribution is 5.78. The van der Waals surface area contributed by atoms with Crippen molar-refractivity contribution in [3.8, 4) is 0 Å². The Morgan fingerprint density at radius 2 is 2.12 bits per heavy atom. The van der Waals surface area contributed by atoms with Gasteiger partial charge in [0.15, 0.2) is 0 Å². The zero-order chi connectivity index (χ0) is 12.5. The van der Waals surface area contributed by atoms with Gasteiger partial charge >= 0.3 is 6.18 Å². The first kappa shape index (κ1) is 11.9. The molecule has 1 amide bonds. The van der Waals surface area contributed by atoms with E-state index >= 15 is 0 Å². The molecule has 2 rings (SSSR count). The number of alkyl halides is 3. The van der Waals surface area contributed by atoms with Gasteiger partial charge in [-0.15, -0.1) is 0 Å². The quantitative estimate of drug-likeness (QED) is 0.820. The van der Waals surface area contributed by atoms with Gasteiger partial charge in [0.2, 0.25) is 5.91 Å². The molecule has 1 N–H and O–H groups in total. The van der Waals surface area contributed by atoms with Crippen LogP contribution >= 0.6 is 0 Å². The lowest BCUT2D eigenvalue weighted by atomic mass is 10.0. The Morgan fingerprint density at radius 3 is 2.76 bits per heavy atom. The summed E-state index contributed by atoms with van der Waals surface area (Å²) in [6, 6.07) is 4.36. The Kier molecular flexibility index (Phi) is 3.06. The van der Waals surface area contributed by atoms with Crippen LogP contribution in [0.4, 0.5) is 13.2 Å². The third-order valence-corrected chi connectivity index (χ3v) is 2.47. The number of carbonyl (C=O) groups excluding carboxylic acids is 1. The summed E-state index contributed by atoms with van der Waals surface area (Å²) in [5.74, 6) is -0.321. The monoisotopic (exact) mass is 245 g/mol. The normalized spacial score (nSPS) is 21.1. The van der Waals surface area contributed by atoms with Crippen molar-refractivity contribution in [3.63, 3.8) is 0 Å². The fourth-order valence-corrected chi connectivity index (χ4v) is 1.66. The van der Waals surface area contributed by atoms with E-state index in [9.17, 15) is 18.0 Å². The molecule has 6 heteroatoms. The van der Waals surface area contributed by atoms with Crippen LogP contribution < -0.4 is 5.32 Å². The number of carbonyl (C=O) groups is 1. The van der Waals surface area contributed by atoms with E-state index in [1.807, 2.05) is 0 Å². The second-order valence-electron chi connectivity index (χ2n) is 3.76. The topological polar surface area (TPSA) is 38.3 Å². The number of rotatable bonds is 1. The highest BCUT2D eigenvalue weighted by atomic mass is 19.4. The van der Waals surface area contributed by atoms with Crippen LogP contribution in [0.15, 0.2) is 24.3 Å². The van der Waals surface area contributed by atoms with Crippen LogP contribution in [0, 0.1) is 0 Å². The fourth-order valence-electron chi connectivity index (χ4n) is 1.66. The third-order valence-electron chi connectivity index (χ3n) is 2.47. The van der Waals surface area contributed by atoms with Crippen LogP contribution in [-0.4, -0.2) is 19.1 Å². The predicted octanol–water partition coefficient (Wildman–Crippen LogP) is 1.89.